The van der Waals surface area contributed by atoms with Crippen molar-refractivity contribution in [1.82, 2.24) is 19.5 Å². The second-order valence-corrected chi connectivity index (χ2v) is 12.0. The van der Waals surface area contributed by atoms with Gasteiger partial charge in [0, 0.05) is 27.5 Å². The van der Waals surface area contributed by atoms with Crippen molar-refractivity contribution in [1.29, 1.82) is 0 Å². The van der Waals surface area contributed by atoms with Crippen molar-refractivity contribution in [2.75, 3.05) is 0 Å². The molecule has 0 radical (unpaired) electrons. The molecule has 0 aliphatic heterocycles. The predicted octanol–water partition coefficient (Wildman–Crippen LogP) is 13.0. The molecule has 0 aliphatic carbocycles. The van der Waals surface area contributed by atoms with Gasteiger partial charge in [-0.3, -0.25) is 0 Å². The van der Waals surface area contributed by atoms with E-state index >= 15 is 0 Å². The lowest BCUT2D eigenvalue weighted by Crippen LogP contribution is -2.04. The average molecular weight is 725 g/mol. The molecular weight excluding hydrogens is 669 g/mol. The molecule has 8 aromatic carbocycles. The second kappa shape index (κ2) is 13.8. The summed E-state index contributed by atoms with van der Waals surface area (Å²) in [6.07, 6.45) is 0. The van der Waals surface area contributed by atoms with E-state index in [4.69, 9.17) is 37.4 Å². The maximum Gasteiger partial charge on any atom is 0.166 e. The lowest BCUT2D eigenvalue weighted by Gasteiger charge is -2.17. The first-order valence-corrected chi connectivity index (χ1v) is 16.7. The van der Waals surface area contributed by atoms with Gasteiger partial charge in [-0.2, -0.15) is 0 Å². The maximum absolute atomic E-state index is 9.29. The molecule has 55 heavy (non-hydrogen) atoms. The fourth-order valence-electron chi connectivity index (χ4n) is 6.35. The van der Waals surface area contributed by atoms with E-state index in [1.165, 1.54) is 41.0 Å². The van der Waals surface area contributed by atoms with Crippen molar-refractivity contribution >= 4 is 21.8 Å². The number of benzene rings is 8. The zero-order chi connectivity index (χ0) is 55.7. The highest BCUT2D eigenvalue weighted by molar-refractivity contribution is 6.09. The Morgan fingerprint density at radius 2 is 0.818 bits per heavy atom. The van der Waals surface area contributed by atoms with E-state index in [-0.39, 0.29) is 78.6 Å². The van der Waals surface area contributed by atoms with Crippen LogP contribution in [-0.4, -0.2) is 19.5 Å². The summed E-state index contributed by atoms with van der Waals surface area (Å²) in [6, 6.07) is 5.03. The van der Waals surface area contributed by atoms with Crippen LogP contribution in [0.2, 0.25) is 0 Å². The Labute approximate surface area is 350 Å². The van der Waals surface area contributed by atoms with Gasteiger partial charge < -0.3 is 4.57 Å². The standard InChI is InChI=1S/C51H34N4/c1-4-16-35(17-5-1)38-22-14-24-40(32-38)41-30-31-48(55-46-28-12-10-26-43(46)44-27-11-13-29-47(44)55)45(34-41)51-53-49(37-20-8-3-9-21-37)52-50(54-51)42-25-15-23-39(33-42)36-18-6-2-7-19-36/h1-34H/i1D,2D,3D,4D,5D,6D,7D,8D,9D,10D,11D,12D,16D,17D,18D,19D,20D,21D,26D,27D,28D,29D. The van der Waals surface area contributed by atoms with Gasteiger partial charge in [0.2, 0.25) is 0 Å². The van der Waals surface area contributed by atoms with Gasteiger partial charge in [0.05, 0.1) is 46.9 Å². The zero-order valence-electron chi connectivity index (χ0n) is 50.2. The monoisotopic (exact) mass is 724 g/mol. The Hall–Kier alpha value is -7.43. The van der Waals surface area contributed by atoms with Crippen LogP contribution in [0.1, 0.15) is 30.2 Å². The van der Waals surface area contributed by atoms with Gasteiger partial charge >= 0.3 is 0 Å². The van der Waals surface area contributed by atoms with E-state index in [0.29, 0.717) is 11.1 Å². The van der Waals surface area contributed by atoms with Crippen LogP contribution in [0.3, 0.4) is 0 Å². The molecule has 0 N–H and O–H groups in total. The highest BCUT2D eigenvalue weighted by atomic mass is 15.1. The van der Waals surface area contributed by atoms with Crippen LogP contribution in [0, 0.1) is 0 Å². The van der Waals surface area contributed by atoms with Crippen LogP contribution in [0.5, 0.6) is 0 Å². The van der Waals surface area contributed by atoms with Crippen LogP contribution in [0.4, 0.5) is 0 Å². The molecule has 0 amide bonds. The highest BCUT2D eigenvalue weighted by Crippen LogP contribution is 2.39. The van der Waals surface area contributed by atoms with E-state index in [2.05, 4.69) is 4.98 Å². The number of hydrogen-bond donors (Lipinski definition) is 0. The lowest BCUT2D eigenvalue weighted by atomic mass is 9.97. The second-order valence-electron chi connectivity index (χ2n) is 12.0. The minimum atomic E-state index is -0.739. The third kappa shape index (κ3) is 6.06. The van der Waals surface area contributed by atoms with Gasteiger partial charge in [0.1, 0.15) is 0 Å². The van der Waals surface area contributed by atoms with Crippen LogP contribution in [0.25, 0.3) is 95.0 Å². The van der Waals surface area contributed by atoms with E-state index < -0.39 is 138 Å². The number of para-hydroxylation sites is 2. The third-order valence-corrected chi connectivity index (χ3v) is 8.81. The number of aromatic nitrogens is 4. The minimum absolute atomic E-state index is 0.0109. The first-order valence-electron chi connectivity index (χ1n) is 27.7. The molecule has 10 rings (SSSR count). The van der Waals surface area contributed by atoms with Crippen molar-refractivity contribution in [2.45, 2.75) is 0 Å². The summed E-state index contributed by atoms with van der Waals surface area (Å²) in [4.78, 5) is 14.3. The molecule has 2 aromatic heterocycles. The number of rotatable bonds is 7. The van der Waals surface area contributed by atoms with E-state index in [1.54, 1.807) is 30.3 Å². The summed E-state index contributed by atoms with van der Waals surface area (Å²) >= 11 is 0. The molecule has 0 unspecified atom stereocenters. The van der Waals surface area contributed by atoms with Gasteiger partial charge in [-0.1, -0.05) is 169 Å². The highest BCUT2D eigenvalue weighted by Gasteiger charge is 2.20. The van der Waals surface area contributed by atoms with Gasteiger partial charge in [0.25, 0.3) is 0 Å². The number of nitrogens with zero attached hydrogens (tertiary/aromatic N) is 4. The molecule has 4 nitrogen and oxygen atoms in total. The predicted molar refractivity (Wildman–Crippen MR) is 227 cm³/mol. The largest absolute Gasteiger partial charge is 0.309 e. The molecule has 10 aromatic rings. The van der Waals surface area contributed by atoms with Crippen molar-refractivity contribution < 1.29 is 30.2 Å². The van der Waals surface area contributed by atoms with Crippen molar-refractivity contribution in [2.24, 2.45) is 0 Å². The third-order valence-electron chi connectivity index (χ3n) is 8.81. The van der Waals surface area contributed by atoms with Crippen LogP contribution in [-0.2, 0) is 0 Å². The van der Waals surface area contributed by atoms with E-state index in [0.717, 1.165) is 6.07 Å². The maximum atomic E-state index is 9.29. The molecule has 0 spiro atoms. The quantitative estimate of drug-likeness (QED) is 0.164. The SMILES string of the molecule is [2H]c1cc([2H])c2c(c1[2H])c1c([2H])c([2H])c([2H])c([2H])c1n2-c1ccc(-c2cccc(-c3c([2H])c([2H])c([2H])c([2H])c3[2H])c2)cc1-c1nc(-c2cccc(-c3c([2H])c([2H])c([2H])c([2H])c3[2H])c2)nc(-c2c([2H])c([2H])c([2H])c([2H])c2[2H])n1. The van der Waals surface area contributed by atoms with Gasteiger partial charge in [0.15, 0.2) is 17.5 Å². The normalized spacial score (nSPS) is 16.9. The summed E-state index contributed by atoms with van der Waals surface area (Å²) in [6.45, 7) is 0. The summed E-state index contributed by atoms with van der Waals surface area (Å²) in [5.74, 6) is -1.05. The van der Waals surface area contributed by atoms with Gasteiger partial charge in [-0.25, -0.2) is 15.0 Å². The summed E-state index contributed by atoms with van der Waals surface area (Å²) in [5.41, 5.74) is 0.00542. The summed E-state index contributed by atoms with van der Waals surface area (Å²) in [7, 11) is 0. The van der Waals surface area contributed by atoms with Gasteiger partial charge in [-0.05, 0) is 69.7 Å². The molecule has 0 saturated heterocycles. The van der Waals surface area contributed by atoms with Crippen LogP contribution < -0.4 is 0 Å². The molecule has 0 bridgehead atoms. The molecule has 2 heterocycles. The fraction of sp³-hybridized carbons (Fsp3) is 0. The molecule has 258 valence electrons. The number of fused-ring (bicyclic) bond motifs is 3. The smallest absolute Gasteiger partial charge is 0.166 e. The summed E-state index contributed by atoms with van der Waals surface area (Å²) < 4.78 is 192. The molecule has 0 atom stereocenters. The Morgan fingerprint density at radius 3 is 1.49 bits per heavy atom. The first kappa shape index (κ1) is 16.7. The Morgan fingerprint density at radius 1 is 0.345 bits per heavy atom. The first-order chi connectivity index (χ1) is 36.4. The molecule has 0 saturated carbocycles. The Balaban J connectivity index is 1.35. The van der Waals surface area contributed by atoms with E-state index in [1.807, 2.05) is 0 Å². The number of hydrogen-bond acceptors (Lipinski definition) is 3. The van der Waals surface area contributed by atoms with Crippen molar-refractivity contribution in [3.8, 4) is 73.2 Å². The topological polar surface area (TPSA) is 43.6 Å². The fourth-order valence-corrected chi connectivity index (χ4v) is 6.35. The lowest BCUT2D eigenvalue weighted by molar-refractivity contribution is 1.06. The molecule has 0 fully saturated rings. The van der Waals surface area contributed by atoms with Crippen LogP contribution in [0.15, 0.2) is 206 Å². The van der Waals surface area contributed by atoms with Crippen molar-refractivity contribution in [3.05, 3.63) is 206 Å². The molecule has 0 aliphatic rings. The molecule has 4 heteroatoms. The van der Waals surface area contributed by atoms with E-state index in [9.17, 15) is 2.74 Å². The minimum Gasteiger partial charge on any atom is -0.309 e. The zero-order valence-corrected chi connectivity index (χ0v) is 28.2. The van der Waals surface area contributed by atoms with Gasteiger partial charge in [-0.15, -0.1) is 0 Å². The average Bonchev–Trinajstić information content (AvgIpc) is 3.79. The Bertz CT molecular complexity index is 4180. The van der Waals surface area contributed by atoms with Crippen molar-refractivity contribution in [3.63, 3.8) is 0 Å². The van der Waals surface area contributed by atoms with Crippen LogP contribution >= 0.6 is 0 Å². The summed E-state index contributed by atoms with van der Waals surface area (Å²) in [5, 5.41) is -0.355. The molecular formula is C51H34N4. The Kier molecular flexibility index (Phi) is 4.21.